The fourth-order valence-corrected chi connectivity index (χ4v) is 2.80. The van der Waals surface area contributed by atoms with Crippen LogP contribution in [0.15, 0.2) is 12.1 Å². The van der Waals surface area contributed by atoms with Gasteiger partial charge in [-0.3, -0.25) is 0 Å². The van der Waals surface area contributed by atoms with Gasteiger partial charge < -0.3 is 4.43 Å². The number of hydrogen-bond acceptors (Lipinski definition) is 1. The Labute approximate surface area is 95.6 Å². The number of rotatable bonds is 5. The summed E-state index contributed by atoms with van der Waals surface area (Å²) >= 11 is 0. The Kier molecular flexibility index (Phi) is 5.01. The summed E-state index contributed by atoms with van der Waals surface area (Å²) in [6.45, 7) is 3.95. The highest BCUT2D eigenvalue weighted by Crippen LogP contribution is 2.06. The van der Waals surface area contributed by atoms with E-state index < -0.39 is 27.2 Å². The molecule has 0 bridgehead atoms. The first kappa shape index (κ1) is 13.3. The molecule has 1 rings (SSSR count). The second-order valence-electron chi connectivity index (χ2n) is 3.61. The van der Waals surface area contributed by atoms with Crippen molar-refractivity contribution < 1.29 is 17.6 Å². The van der Waals surface area contributed by atoms with Gasteiger partial charge in [-0.1, -0.05) is 13.8 Å². The molecule has 5 heteroatoms. The van der Waals surface area contributed by atoms with Gasteiger partial charge in [0.15, 0.2) is 21.4 Å². The van der Waals surface area contributed by atoms with Gasteiger partial charge in [-0.2, -0.15) is 0 Å². The highest BCUT2D eigenvalue weighted by Gasteiger charge is 2.12. The predicted molar refractivity (Wildman–Crippen MR) is 59.9 cm³/mol. The molecule has 0 aliphatic heterocycles. The van der Waals surface area contributed by atoms with Gasteiger partial charge in [0, 0.05) is 17.4 Å². The summed E-state index contributed by atoms with van der Waals surface area (Å²) in [6.07, 6.45) is 1.77. The molecule has 90 valence electrons. The Hall–Kier alpha value is -0.813. The fourth-order valence-electron chi connectivity index (χ4n) is 1.41. The lowest BCUT2D eigenvalue weighted by molar-refractivity contribution is 0.206. The highest BCUT2D eigenvalue weighted by atomic mass is 28.2. The summed E-state index contributed by atoms with van der Waals surface area (Å²) in [5.41, 5.74) is 0. The summed E-state index contributed by atoms with van der Waals surface area (Å²) in [4.78, 5) is 0. The normalized spacial score (nSPS) is 11.9. The molecule has 0 atom stereocenters. The second kappa shape index (κ2) is 6.05. The van der Waals surface area contributed by atoms with Gasteiger partial charge in [-0.05, 0) is 18.9 Å². The highest BCUT2D eigenvalue weighted by molar-refractivity contribution is 6.47. The maximum absolute atomic E-state index is 13.2. The lowest BCUT2D eigenvalue weighted by Gasteiger charge is -2.14. The van der Waals surface area contributed by atoms with E-state index in [2.05, 4.69) is 0 Å². The van der Waals surface area contributed by atoms with Crippen LogP contribution in [0.25, 0.3) is 0 Å². The lowest BCUT2D eigenvalue weighted by Crippen LogP contribution is -2.26. The first-order valence-electron chi connectivity index (χ1n) is 5.33. The van der Waals surface area contributed by atoms with Crippen LogP contribution in [0, 0.1) is 17.5 Å². The average molecular weight is 248 g/mol. The Morgan fingerprint density at radius 1 is 1.06 bits per heavy atom. The van der Waals surface area contributed by atoms with E-state index in [4.69, 9.17) is 4.43 Å². The van der Waals surface area contributed by atoms with Crippen LogP contribution in [0.2, 0.25) is 0 Å². The summed E-state index contributed by atoms with van der Waals surface area (Å²) in [6, 6.07) is 1.48. The first-order chi connectivity index (χ1) is 7.58. The molecule has 0 aromatic heterocycles. The maximum Gasteiger partial charge on any atom is 0.195 e. The van der Waals surface area contributed by atoms with E-state index in [-0.39, 0.29) is 11.3 Å². The van der Waals surface area contributed by atoms with Crippen molar-refractivity contribution in [3.8, 4) is 0 Å². The maximum atomic E-state index is 13.2. The molecule has 0 heterocycles. The second-order valence-corrected chi connectivity index (χ2v) is 4.99. The van der Waals surface area contributed by atoms with Gasteiger partial charge in [0.1, 0.15) is 5.82 Å². The molecule has 0 unspecified atom stereocenters. The van der Waals surface area contributed by atoms with Crippen molar-refractivity contribution in [2.24, 2.45) is 0 Å². The minimum atomic E-state index is -1.33. The first-order valence-corrected chi connectivity index (χ1v) is 6.61. The van der Waals surface area contributed by atoms with Gasteiger partial charge in [-0.15, -0.1) is 0 Å². The van der Waals surface area contributed by atoms with Crippen LogP contribution < -0.4 is 5.19 Å². The zero-order valence-electron chi connectivity index (χ0n) is 9.40. The molecule has 0 amide bonds. The summed E-state index contributed by atoms with van der Waals surface area (Å²) in [7, 11) is -1.33. The number of benzene rings is 1. The quantitative estimate of drug-likeness (QED) is 0.572. The molecule has 0 saturated carbocycles. The summed E-state index contributed by atoms with van der Waals surface area (Å²) in [5, 5.41) is 0.186. The number of hydrogen-bond donors (Lipinski definition) is 0. The van der Waals surface area contributed by atoms with Gasteiger partial charge in [-0.25, -0.2) is 13.2 Å². The molecule has 1 aromatic carbocycles. The topological polar surface area (TPSA) is 9.23 Å². The van der Waals surface area contributed by atoms with Gasteiger partial charge in [0.25, 0.3) is 0 Å². The van der Waals surface area contributed by atoms with Crippen LogP contribution in [0.5, 0.6) is 0 Å². The standard InChI is InChI=1S/C11H15F3OSi/c1-3-7(4-2)15-16-11-6-9(13)8(12)5-10(11)14/h5-7H,3-4,16H2,1-2H3. The molecule has 0 radical (unpaired) electrons. The molecule has 0 fully saturated rings. The largest absolute Gasteiger partial charge is 0.416 e. The third-order valence-corrected chi connectivity index (χ3v) is 3.97. The van der Waals surface area contributed by atoms with Crippen molar-refractivity contribution in [1.29, 1.82) is 0 Å². The molecular weight excluding hydrogens is 233 g/mol. The molecule has 0 saturated heterocycles. The third kappa shape index (κ3) is 3.35. The average Bonchev–Trinajstić information content (AvgIpc) is 2.26. The van der Waals surface area contributed by atoms with Crippen LogP contribution in [0.4, 0.5) is 13.2 Å². The third-order valence-electron chi connectivity index (χ3n) is 2.47. The molecule has 0 aliphatic rings. The molecule has 1 nitrogen and oxygen atoms in total. The molecule has 1 aromatic rings. The smallest absolute Gasteiger partial charge is 0.195 e. The minimum Gasteiger partial charge on any atom is -0.416 e. The van der Waals surface area contributed by atoms with E-state index in [0.29, 0.717) is 6.07 Å². The van der Waals surface area contributed by atoms with Gasteiger partial charge >= 0.3 is 0 Å². The Morgan fingerprint density at radius 3 is 2.19 bits per heavy atom. The van der Waals surface area contributed by atoms with Crippen LogP contribution in [0.1, 0.15) is 26.7 Å². The van der Waals surface area contributed by atoms with Crippen molar-refractivity contribution in [3.05, 3.63) is 29.6 Å². The zero-order chi connectivity index (χ0) is 12.1. The Balaban J connectivity index is 2.70. The monoisotopic (exact) mass is 248 g/mol. The van der Waals surface area contributed by atoms with E-state index in [1.807, 2.05) is 13.8 Å². The van der Waals surface area contributed by atoms with Crippen molar-refractivity contribution in [3.63, 3.8) is 0 Å². The number of halogens is 3. The van der Waals surface area contributed by atoms with E-state index in [1.165, 1.54) is 0 Å². The van der Waals surface area contributed by atoms with Crippen LogP contribution >= 0.6 is 0 Å². The lowest BCUT2D eigenvalue weighted by atomic mass is 10.2. The van der Waals surface area contributed by atoms with Crippen LogP contribution in [-0.4, -0.2) is 15.9 Å². The van der Waals surface area contributed by atoms with Crippen molar-refractivity contribution in [1.82, 2.24) is 0 Å². The van der Waals surface area contributed by atoms with Crippen molar-refractivity contribution in [2.45, 2.75) is 32.8 Å². The SMILES string of the molecule is CCC(CC)O[SiH2]c1cc(F)c(F)cc1F. The molecule has 16 heavy (non-hydrogen) atoms. The van der Waals surface area contributed by atoms with E-state index in [9.17, 15) is 13.2 Å². The van der Waals surface area contributed by atoms with Crippen molar-refractivity contribution in [2.75, 3.05) is 0 Å². The van der Waals surface area contributed by atoms with E-state index >= 15 is 0 Å². The molecule has 0 N–H and O–H groups in total. The Morgan fingerprint density at radius 2 is 1.62 bits per heavy atom. The predicted octanol–water partition coefficient (Wildman–Crippen LogP) is 2.02. The van der Waals surface area contributed by atoms with E-state index in [0.717, 1.165) is 18.9 Å². The summed E-state index contributed by atoms with van der Waals surface area (Å²) in [5.74, 6) is -2.88. The molecule has 0 aliphatic carbocycles. The van der Waals surface area contributed by atoms with Gasteiger partial charge in [0.05, 0.1) is 0 Å². The fraction of sp³-hybridized carbons (Fsp3) is 0.455. The molecular formula is C11H15F3OSi. The Bertz CT molecular complexity index is 353. The van der Waals surface area contributed by atoms with Crippen LogP contribution in [0.3, 0.4) is 0 Å². The zero-order valence-corrected chi connectivity index (χ0v) is 10.8. The summed E-state index contributed by atoms with van der Waals surface area (Å²) < 4.78 is 44.3. The molecule has 0 spiro atoms. The van der Waals surface area contributed by atoms with Crippen molar-refractivity contribution >= 4 is 14.9 Å². The minimum absolute atomic E-state index is 0.0826. The van der Waals surface area contributed by atoms with Crippen LogP contribution in [-0.2, 0) is 4.43 Å². The van der Waals surface area contributed by atoms with Gasteiger partial charge in [0.2, 0.25) is 0 Å². The van der Waals surface area contributed by atoms with E-state index in [1.54, 1.807) is 0 Å².